The molecule has 0 amide bonds. The molecule has 3 aromatic rings. The van der Waals surface area contributed by atoms with Gasteiger partial charge >= 0.3 is 6.16 Å². The maximum Gasteiger partial charge on any atom is 0.513 e. The lowest BCUT2D eigenvalue weighted by Crippen LogP contribution is -2.46. The minimum absolute atomic E-state index is 0.0222. The number of allylic oxidation sites excluding steroid dienone is 1. The number of hydrogen-bond acceptors (Lipinski definition) is 6. The molecule has 162 valence electrons. The normalized spacial score (nSPS) is 14.7. The van der Waals surface area contributed by atoms with Crippen LogP contribution in [0.15, 0.2) is 53.5 Å². The van der Waals surface area contributed by atoms with Gasteiger partial charge in [0.15, 0.2) is 0 Å². The summed E-state index contributed by atoms with van der Waals surface area (Å²) in [5.74, 6) is 0.344. The Morgan fingerprint density at radius 1 is 1.19 bits per heavy atom. The summed E-state index contributed by atoms with van der Waals surface area (Å²) in [5, 5.41) is 20.2. The Hall–Kier alpha value is -3.45. The number of hydrogen-bond donors (Lipinski definition) is 2. The Labute approximate surface area is 180 Å². The van der Waals surface area contributed by atoms with Gasteiger partial charge in [0.25, 0.3) is 5.95 Å². The number of aromatic hydroxyl groups is 1. The first-order valence-corrected chi connectivity index (χ1v) is 10.3. The highest BCUT2D eigenvalue weighted by Crippen LogP contribution is 2.34. The molecule has 1 aliphatic heterocycles. The molecule has 1 saturated heterocycles. The Morgan fingerprint density at radius 2 is 1.94 bits per heavy atom. The molecule has 0 aliphatic carbocycles. The lowest BCUT2D eigenvalue weighted by molar-refractivity contribution is 0.134. The predicted molar refractivity (Wildman–Crippen MR) is 119 cm³/mol. The topological polar surface area (TPSA) is 86.4 Å². The zero-order valence-corrected chi connectivity index (χ0v) is 17.5. The van der Waals surface area contributed by atoms with E-state index in [0.717, 1.165) is 53.9 Å². The van der Waals surface area contributed by atoms with Gasteiger partial charge in [-0.15, -0.1) is 6.58 Å². The SMILES string of the molecule is C=CCc1cccc(CN2CCN(c3ccc4oc(OC(=O)O)cc4c3C)CC2)c1O. The fourth-order valence-electron chi connectivity index (χ4n) is 4.18. The predicted octanol–water partition coefficient (Wildman–Crippen LogP) is 4.55. The monoisotopic (exact) mass is 422 g/mol. The minimum atomic E-state index is -1.39. The maximum absolute atomic E-state index is 10.8. The molecule has 1 aliphatic rings. The number of benzene rings is 2. The molecule has 0 unspecified atom stereocenters. The van der Waals surface area contributed by atoms with Crippen molar-refractivity contribution in [3.05, 3.63) is 65.7 Å². The third-order valence-corrected chi connectivity index (χ3v) is 5.78. The molecule has 0 radical (unpaired) electrons. The number of rotatable bonds is 6. The highest BCUT2D eigenvalue weighted by molar-refractivity contribution is 5.88. The van der Waals surface area contributed by atoms with E-state index in [1.54, 1.807) is 12.1 Å². The first kappa shape index (κ1) is 20.8. The van der Waals surface area contributed by atoms with Gasteiger partial charge in [0.05, 0.1) is 0 Å². The molecule has 1 fully saturated rings. The highest BCUT2D eigenvalue weighted by Gasteiger charge is 2.21. The number of ether oxygens (including phenoxy) is 1. The summed E-state index contributed by atoms with van der Waals surface area (Å²) in [6, 6.07) is 11.4. The molecule has 7 heteroatoms. The Bertz CT molecular complexity index is 1110. The van der Waals surface area contributed by atoms with Crippen LogP contribution in [0.2, 0.25) is 0 Å². The second kappa shape index (κ2) is 8.73. The van der Waals surface area contributed by atoms with E-state index in [-0.39, 0.29) is 5.95 Å². The van der Waals surface area contributed by atoms with Crippen molar-refractivity contribution in [1.82, 2.24) is 4.90 Å². The van der Waals surface area contributed by atoms with Crippen molar-refractivity contribution in [2.45, 2.75) is 19.9 Å². The number of carboxylic acid groups (broad SMARTS) is 1. The van der Waals surface area contributed by atoms with E-state index in [1.165, 1.54) is 0 Å². The van der Waals surface area contributed by atoms with Crippen molar-refractivity contribution in [3.63, 3.8) is 0 Å². The summed E-state index contributed by atoms with van der Waals surface area (Å²) in [7, 11) is 0. The summed E-state index contributed by atoms with van der Waals surface area (Å²) >= 11 is 0. The molecule has 2 aromatic carbocycles. The number of aryl methyl sites for hydroxylation is 1. The van der Waals surface area contributed by atoms with Gasteiger partial charge in [-0.25, -0.2) is 4.79 Å². The van der Waals surface area contributed by atoms with Gasteiger partial charge in [0, 0.05) is 55.4 Å². The minimum Gasteiger partial charge on any atom is -0.507 e. The van der Waals surface area contributed by atoms with Gasteiger partial charge in [-0.2, -0.15) is 0 Å². The van der Waals surface area contributed by atoms with Crippen LogP contribution in [-0.4, -0.2) is 47.4 Å². The van der Waals surface area contributed by atoms with Crippen molar-refractivity contribution < 1.29 is 24.2 Å². The lowest BCUT2D eigenvalue weighted by Gasteiger charge is -2.37. The molecule has 1 aromatic heterocycles. The molecule has 0 atom stereocenters. The quantitative estimate of drug-likeness (QED) is 0.445. The second-order valence-electron chi connectivity index (χ2n) is 7.74. The summed E-state index contributed by atoms with van der Waals surface area (Å²) in [6.07, 6.45) is 1.06. The highest BCUT2D eigenvalue weighted by atomic mass is 16.7. The summed E-state index contributed by atoms with van der Waals surface area (Å²) < 4.78 is 10.1. The Morgan fingerprint density at radius 3 is 2.65 bits per heavy atom. The van der Waals surface area contributed by atoms with Crippen LogP contribution in [0.5, 0.6) is 11.7 Å². The first-order valence-electron chi connectivity index (χ1n) is 10.3. The van der Waals surface area contributed by atoms with E-state index in [0.29, 0.717) is 24.3 Å². The van der Waals surface area contributed by atoms with Crippen LogP contribution < -0.4 is 9.64 Å². The average molecular weight is 422 g/mol. The number of phenols is 1. The average Bonchev–Trinajstić information content (AvgIpc) is 3.15. The van der Waals surface area contributed by atoms with Crippen LogP contribution in [0.3, 0.4) is 0 Å². The number of anilines is 1. The third-order valence-electron chi connectivity index (χ3n) is 5.78. The fraction of sp³-hybridized carbons (Fsp3) is 0.292. The van der Waals surface area contributed by atoms with Crippen molar-refractivity contribution >= 4 is 22.8 Å². The largest absolute Gasteiger partial charge is 0.513 e. The van der Waals surface area contributed by atoms with Crippen molar-refractivity contribution in [2.75, 3.05) is 31.1 Å². The summed E-state index contributed by atoms with van der Waals surface area (Å²) in [6.45, 7) is 9.94. The number of fused-ring (bicyclic) bond motifs is 1. The van der Waals surface area contributed by atoms with Gasteiger partial charge < -0.3 is 24.3 Å². The van der Waals surface area contributed by atoms with Crippen LogP contribution in [0.1, 0.15) is 16.7 Å². The maximum atomic E-state index is 10.8. The van der Waals surface area contributed by atoms with E-state index < -0.39 is 6.16 Å². The van der Waals surface area contributed by atoms with Crippen molar-refractivity contribution in [3.8, 4) is 11.7 Å². The zero-order valence-electron chi connectivity index (χ0n) is 17.5. The van der Waals surface area contributed by atoms with Crippen LogP contribution in [0.25, 0.3) is 11.0 Å². The number of nitrogens with zero attached hydrogens (tertiary/aromatic N) is 2. The molecule has 4 rings (SSSR count). The summed E-state index contributed by atoms with van der Waals surface area (Å²) in [4.78, 5) is 15.4. The van der Waals surface area contributed by atoms with E-state index in [9.17, 15) is 9.90 Å². The van der Waals surface area contributed by atoms with Gasteiger partial charge in [-0.3, -0.25) is 4.90 Å². The smallest absolute Gasteiger partial charge is 0.507 e. The third kappa shape index (κ3) is 4.36. The standard InChI is InChI=1S/C24H26N2O5/c1-3-5-17-6-4-7-18(23(17)27)15-25-10-12-26(13-11-25)20-8-9-21-19(16(20)2)14-22(30-21)31-24(28)29/h3-4,6-9,14,27H,1,5,10-13,15H2,2H3,(H,28,29). The van der Waals surface area contributed by atoms with Crippen LogP contribution >= 0.6 is 0 Å². The number of furan rings is 1. The molecular weight excluding hydrogens is 396 g/mol. The molecule has 0 spiro atoms. The van der Waals surface area contributed by atoms with Crippen LogP contribution in [0.4, 0.5) is 10.5 Å². The van der Waals surface area contributed by atoms with Gasteiger partial charge in [0.2, 0.25) is 0 Å². The van der Waals surface area contributed by atoms with E-state index in [2.05, 4.69) is 21.1 Å². The van der Waals surface area contributed by atoms with Crippen molar-refractivity contribution in [1.29, 1.82) is 0 Å². The van der Waals surface area contributed by atoms with Crippen molar-refractivity contribution in [2.24, 2.45) is 0 Å². The van der Waals surface area contributed by atoms with E-state index in [1.807, 2.05) is 37.3 Å². The molecule has 7 nitrogen and oxygen atoms in total. The zero-order chi connectivity index (χ0) is 22.0. The lowest BCUT2D eigenvalue weighted by atomic mass is 10.0. The second-order valence-corrected chi connectivity index (χ2v) is 7.74. The first-order chi connectivity index (χ1) is 15.0. The molecule has 0 saturated carbocycles. The molecule has 0 bridgehead atoms. The number of phenolic OH excluding ortho intramolecular Hbond substituents is 1. The number of para-hydroxylation sites is 1. The fourth-order valence-corrected chi connectivity index (χ4v) is 4.18. The molecule has 2 N–H and O–H groups in total. The van der Waals surface area contributed by atoms with Gasteiger partial charge in [-0.1, -0.05) is 24.3 Å². The van der Waals surface area contributed by atoms with Gasteiger partial charge in [0.1, 0.15) is 11.3 Å². The van der Waals surface area contributed by atoms with Gasteiger partial charge in [-0.05, 0) is 36.6 Å². The molecular formula is C24H26N2O5. The van der Waals surface area contributed by atoms with Crippen LogP contribution in [-0.2, 0) is 13.0 Å². The van der Waals surface area contributed by atoms with Crippen LogP contribution in [0, 0.1) is 6.92 Å². The molecule has 2 heterocycles. The number of carbonyl (C=O) groups is 1. The summed E-state index contributed by atoms with van der Waals surface area (Å²) in [5.41, 5.74) is 4.58. The Balaban J connectivity index is 1.45. The number of piperazine rings is 1. The van der Waals surface area contributed by atoms with E-state index in [4.69, 9.17) is 9.52 Å². The van der Waals surface area contributed by atoms with E-state index >= 15 is 0 Å². The Kier molecular flexibility index (Phi) is 5.86. The molecule has 31 heavy (non-hydrogen) atoms.